The Morgan fingerprint density at radius 1 is 0.830 bits per heavy atom. The molecule has 0 heterocycles. The van der Waals surface area contributed by atoms with Crippen molar-refractivity contribution in [2.75, 3.05) is 19.5 Å². The summed E-state index contributed by atoms with van der Waals surface area (Å²) in [6, 6.07) is 34.8. The predicted molar refractivity (Wildman–Crippen MR) is 185 cm³/mol. The van der Waals surface area contributed by atoms with Crippen molar-refractivity contribution in [1.29, 1.82) is 0 Å². The fourth-order valence-electron chi connectivity index (χ4n) is 6.41. The fraction of sp³-hybridized carbons (Fsp3) is 0.308. The van der Waals surface area contributed by atoms with Gasteiger partial charge in [-0.1, -0.05) is 115 Å². The normalized spacial score (nSPS) is 15.6. The Morgan fingerprint density at radius 2 is 1.36 bits per heavy atom. The molecular formula is C39H43NO6S. The van der Waals surface area contributed by atoms with E-state index in [1.54, 1.807) is 6.08 Å². The van der Waals surface area contributed by atoms with E-state index in [2.05, 4.69) is 36.2 Å². The molecule has 47 heavy (non-hydrogen) atoms. The van der Waals surface area contributed by atoms with Gasteiger partial charge in [0.2, 0.25) is 0 Å². The number of allylic oxidation sites excluding steroid dienone is 1. The zero-order valence-electron chi connectivity index (χ0n) is 27.4. The van der Waals surface area contributed by atoms with Gasteiger partial charge in [0.25, 0.3) is 10.1 Å². The van der Waals surface area contributed by atoms with Gasteiger partial charge < -0.3 is 9.47 Å². The molecule has 0 saturated heterocycles. The molecular weight excluding hydrogens is 610 g/mol. The number of hydrogen-bond acceptors (Lipinski definition) is 7. The lowest BCUT2D eigenvalue weighted by molar-refractivity contribution is -0.165. The number of fused-ring (bicyclic) bond motifs is 3. The molecule has 0 amide bonds. The summed E-state index contributed by atoms with van der Waals surface area (Å²) >= 11 is 0. The molecule has 0 spiro atoms. The maximum atomic E-state index is 14.6. The molecule has 2 atom stereocenters. The number of carbonyl (C=O) groups excluding carboxylic acids is 1. The van der Waals surface area contributed by atoms with E-state index in [0.29, 0.717) is 0 Å². The first kappa shape index (κ1) is 34.3. The van der Waals surface area contributed by atoms with E-state index >= 15 is 0 Å². The van der Waals surface area contributed by atoms with Crippen LogP contribution in [0, 0.1) is 5.41 Å². The Hall–Kier alpha value is -4.08. The third kappa shape index (κ3) is 7.57. The van der Waals surface area contributed by atoms with Crippen LogP contribution in [0.1, 0.15) is 49.4 Å². The summed E-state index contributed by atoms with van der Waals surface area (Å²) in [4.78, 5) is 14.6. The number of benzene rings is 4. The quantitative estimate of drug-likeness (QED) is 0.0889. The van der Waals surface area contributed by atoms with Gasteiger partial charge in [-0.05, 0) is 60.6 Å². The van der Waals surface area contributed by atoms with Crippen LogP contribution in [0.4, 0.5) is 0 Å². The monoisotopic (exact) mass is 653 g/mol. The zero-order chi connectivity index (χ0) is 33.7. The molecule has 1 aliphatic rings. The molecule has 0 aliphatic heterocycles. The van der Waals surface area contributed by atoms with Crippen molar-refractivity contribution in [2.24, 2.45) is 5.41 Å². The molecule has 1 N–H and O–H groups in total. The molecule has 0 aromatic heterocycles. The first-order chi connectivity index (χ1) is 22.4. The average molecular weight is 654 g/mol. The molecule has 7 nitrogen and oxygen atoms in total. The molecule has 0 bridgehead atoms. The Balaban J connectivity index is 1.73. The van der Waals surface area contributed by atoms with Crippen molar-refractivity contribution in [2.45, 2.75) is 51.0 Å². The van der Waals surface area contributed by atoms with E-state index < -0.39 is 38.7 Å². The highest BCUT2D eigenvalue weighted by molar-refractivity contribution is 7.85. The van der Waals surface area contributed by atoms with E-state index in [0.717, 1.165) is 39.6 Å². The van der Waals surface area contributed by atoms with Crippen LogP contribution in [0.2, 0.25) is 0 Å². The van der Waals surface area contributed by atoms with Gasteiger partial charge in [-0.3, -0.25) is 14.3 Å². The summed E-state index contributed by atoms with van der Waals surface area (Å²) < 4.78 is 43.1. The number of nitrogens with one attached hydrogen (secondary N) is 1. The van der Waals surface area contributed by atoms with Crippen LogP contribution in [0.3, 0.4) is 0 Å². The third-order valence-electron chi connectivity index (χ3n) is 8.39. The van der Waals surface area contributed by atoms with Gasteiger partial charge in [-0.25, -0.2) is 0 Å². The van der Waals surface area contributed by atoms with Crippen molar-refractivity contribution < 1.29 is 26.9 Å². The predicted octanol–water partition coefficient (Wildman–Crippen LogP) is 7.01. The Kier molecular flexibility index (Phi) is 10.2. The van der Waals surface area contributed by atoms with E-state index in [1.807, 2.05) is 106 Å². The number of ether oxygens (including phenoxy) is 2. The van der Waals surface area contributed by atoms with Crippen LogP contribution in [0.25, 0.3) is 11.1 Å². The molecule has 2 unspecified atom stereocenters. The summed E-state index contributed by atoms with van der Waals surface area (Å²) in [5, 5.41) is 3.81. The van der Waals surface area contributed by atoms with E-state index in [-0.39, 0.29) is 26.2 Å². The Labute approximate surface area is 278 Å². The molecule has 4 aromatic rings. The van der Waals surface area contributed by atoms with Crippen molar-refractivity contribution in [3.05, 3.63) is 144 Å². The first-order valence-corrected chi connectivity index (χ1v) is 17.5. The minimum atomic E-state index is -3.91. The molecule has 0 radical (unpaired) electrons. The van der Waals surface area contributed by atoms with Crippen molar-refractivity contribution in [3.8, 4) is 11.1 Å². The largest absolute Gasteiger partial charge is 0.459 e. The number of esters is 1. The zero-order valence-corrected chi connectivity index (χ0v) is 28.3. The standard InChI is InChI=1S/C39H43NO6S/c1-6-25-38(28-45-47(5,42)43,27-44-26-29-17-9-7-10-18-29)35(36(41)46-37(2,3)4)40-39(30-19-11-8-12-20-30)33-23-15-13-21-31(33)32-22-14-16-24-34(32)39/h6-24,35,40H,1,25-28H2,2-5H3. The smallest absolute Gasteiger partial charge is 0.324 e. The van der Waals surface area contributed by atoms with Crippen LogP contribution in [0.15, 0.2) is 122 Å². The van der Waals surface area contributed by atoms with Gasteiger partial charge in [0, 0.05) is 5.41 Å². The minimum Gasteiger partial charge on any atom is -0.459 e. The lowest BCUT2D eigenvalue weighted by Crippen LogP contribution is -2.62. The van der Waals surface area contributed by atoms with Crippen LogP contribution in [0.5, 0.6) is 0 Å². The number of rotatable bonds is 14. The van der Waals surface area contributed by atoms with Crippen molar-refractivity contribution >= 4 is 16.1 Å². The van der Waals surface area contributed by atoms with Crippen molar-refractivity contribution in [1.82, 2.24) is 5.32 Å². The van der Waals surface area contributed by atoms with Gasteiger partial charge in [-0.15, -0.1) is 6.58 Å². The SMILES string of the molecule is C=CCC(COCc1ccccc1)(COS(C)(=O)=O)C(NC1(c2ccccc2)c2ccccc2-c2ccccc21)C(=O)OC(C)(C)C. The summed E-state index contributed by atoms with van der Waals surface area (Å²) in [5.41, 5.74) is 2.70. The van der Waals surface area contributed by atoms with E-state index in [1.165, 1.54) is 0 Å². The molecule has 4 aromatic carbocycles. The maximum absolute atomic E-state index is 14.6. The topological polar surface area (TPSA) is 90.9 Å². The summed E-state index contributed by atoms with van der Waals surface area (Å²) in [6.45, 7) is 9.30. The summed E-state index contributed by atoms with van der Waals surface area (Å²) in [6.07, 6.45) is 2.85. The number of carbonyl (C=O) groups is 1. The molecule has 246 valence electrons. The molecule has 0 saturated carbocycles. The van der Waals surface area contributed by atoms with Gasteiger partial charge >= 0.3 is 5.97 Å². The van der Waals surface area contributed by atoms with Gasteiger partial charge in [0.05, 0.1) is 31.6 Å². The first-order valence-electron chi connectivity index (χ1n) is 15.7. The average Bonchev–Trinajstić information content (AvgIpc) is 3.33. The third-order valence-corrected chi connectivity index (χ3v) is 8.93. The van der Waals surface area contributed by atoms with E-state index in [9.17, 15) is 13.2 Å². The Bertz CT molecular complexity index is 1750. The highest BCUT2D eigenvalue weighted by Gasteiger charge is 2.53. The maximum Gasteiger partial charge on any atom is 0.324 e. The number of hydrogen-bond donors (Lipinski definition) is 1. The summed E-state index contributed by atoms with van der Waals surface area (Å²) in [5.74, 6) is -0.558. The second-order valence-corrected chi connectivity index (χ2v) is 14.8. The van der Waals surface area contributed by atoms with Crippen LogP contribution in [-0.2, 0) is 40.7 Å². The van der Waals surface area contributed by atoms with Crippen LogP contribution < -0.4 is 5.32 Å². The molecule has 1 aliphatic carbocycles. The highest BCUT2D eigenvalue weighted by atomic mass is 32.2. The van der Waals surface area contributed by atoms with Gasteiger partial charge in [0.15, 0.2) is 0 Å². The lowest BCUT2D eigenvalue weighted by atomic mass is 9.74. The second-order valence-electron chi connectivity index (χ2n) is 13.1. The van der Waals surface area contributed by atoms with Crippen LogP contribution >= 0.6 is 0 Å². The Morgan fingerprint density at radius 3 is 1.89 bits per heavy atom. The molecule has 0 fully saturated rings. The highest BCUT2D eigenvalue weighted by Crippen LogP contribution is 2.52. The molecule has 8 heteroatoms. The fourth-order valence-corrected chi connectivity index (χ4v) is 6.86. The minimum absolute atomic E-state index is 0.0332. The van der Waals surface area contributed by atoms with Gasteiger partial charge in [-0.2, -0.15) is 8.42 Å². The van der Waals surface area contributed by atoms with Gasteiger partial charge in [0.1, 0.15) is 11.6 Å². The lowest BCUT2D eigenvalue weighted by Gasteiger charge is -2.45. The van der Waals surface area contributed by atoms with Crippen LogP contribution in [-0.4, -0.2) is 45.5 Å². The van der Waals surface area contributed by atoms with E-state index in [4.69, 9.17) is 13.7 Å². The molecule has 5 rings (SSSR count). The summed E-state index contributed by atoms with van der Waals surface area (Å²) in [7, 11) is -3.91. The second kappa shape index (κ2) is 14.0. The van der Waals surface area contributed by atoms with Crippen molar-refractivity contribution in [3.63, 3.8) is 0 Å².